The van der Waals surface area contributed by atoms with E-state index >= 15 is 0 Å². The van der Waals surface area contributed by atoms with Gasteiger partial charge in [-0.2, -0.15) is 0 Å². The number of esters is 1. The molecule has 4 atom stereocenters. The highest BCUT2D eigenvalue weighted by atomic mass is 33.1. The van der Waals surface area contributed by atoms with Crippen molar-refractivity contribution in [3.63, 3.8) is 0 Å². The zero-order valence-corrected chi connectivity index (χ0v) is 60.5. The number of unbranched alkanes of at least 4 members (excludes halogenated alkanes) is 35. The molecule has 1 aliphatic rings. The van der Waals surface area contributed by atoms with Crippen LogP contribution in [-0.2, 0) is 9.53 Å². The molecule has 0 bridgehead atoms. The van der Waals surface area contributed by atoms with E-state index in [1.54, 1.807) is 0 Å². The van der Waals surface area contributed by atoms with E-state index in [1.807, 2.05) is 21.6 Å². The van der Waals surface area contributed by atoms with Gasteiger partial charge in [-0.25, -0.2) is 0 Å². The Labute approximate surface area is 555 Å². The minimum absolute atomic E-state index is 0.143. The molecule has 4 unspecified atom stereocenters. The third kappa shape index (κ3) is 60.3. The molecule has 0 aromatic carbocycles. The predicted octanol–water partition coefficient (Wildman–Crippen LogP) is 19.5. The number of rotatable bonds is 70. The summed E-state index contributed by atoms with van der Waals surface area (Å²) in [7, 11) is 3.99. The fourth-order valence-electron chi connectivity index (χ4n) is 12.5. The average Bonchev–Trinajstić information content (AvgIpc) is 3.58. The molecule has 0 aliphatic carbocycles. The normalized spacial score (nSPS) is 15.0. The van der Waals surface area contributed by atoms with Gasteiger partial charge in [0.25, 0.3) is 0 Å². The predicted molar refractivity (Wildman–Crippen MR) is 388 cm³/mol. The van der Waals surface area contributed by atoms with Gasteiger partial charge < -0.3 is 25.2 Å². The lowest BCUT2D eigenvalue weighted by molar-refractivity contribution is -0.144. The number of hydrogen-bond acceptors (Lipinski definition) is 12. The molecule has 1 heterocycles. The molecular formula is C76H150N4O6S2. The van der Waals surface area contributed by atoms with Gasteiger partial charge in [0.05, 0.1) is 24.4 Å². The van der Waals surface area contributed by atoms with Crippen molar-refractivity contribution in [1.29, 1.82) is 0 Å². The van der Waals surface area contributed by atoms with Gasteiger partial charge in [-0.1, -0.05) is 279 Å². The highest BCUT2D eigenvalue weighted by Crippen LogP contribution is 2.24. The third-order valence-corrected chi connectivity index (χ3v) is 20.7. The summed E-state index contributed by atoms with van der Waals surface area (Å²) in [5, 5.41) is 44.4. The first-order valence-corrected chi connectivity index (χ1v) is 41.0. The molecule has 0 amide bonds. The van der Waals surface area contributed by atoms with E-state index < -0.39 is 12.2 Å². The van der Waals surface area contributed by atoms with Crippen LogP contribution in [0.25, 0.3) is 0 Å². The van der Waals surface area contributed by atoms with Crippen LogP contribution < -0.4 is 0 Å². The van der Waals surface area contributed by atoms with Crippen molar-refractivity contribution in [3.05, 3.63) is 24.3 Å². The first-order valence-electron chi connectivity index (χ1n) is 38.5. The van der Waals surface area contributed by atoms with E-state index in [-0.39, 0.29) is 18.2 Å². The van der Waals surface area contributed by atoms with Crippen LogP contribution in [0.1, 0.15) is 336 Å². The van der Waals surface area contributed by atoms with Crippen molar-refractivity contribution >= 4 is 27.6 Å². The third-order valence-electron chi connectivity index (χ3n) is 18.3. The van der Waals surface area contributed by atoms with E-state index in [0.29, 0.717) is 52.2 Å². The summed E-state index contributed by atoms with van der Waals surface area (Å²) in [6.45, 7) is 19.6. The number of hydrogen-bond donors (Lipinski definition) is 4. The van der Waals surface area contributed by atoms with Crippen LogP contribution in [0.4, 0.5) is 0 Å². The molecule has 1 fully saturated rings. The van der Waals surface area contributed by atoms with Crippen LogP contribution in [0.15, 0.2) is 24.3 Å². The lowest BCUT2D eigenvalue weighted by Crippen LogP contribution is -2.47. The summed E-state index contributed by atoms with van der Waals surface area (Å²) < 4.78 is 5.74. The van der Waals surface area contributed by atoms with Crippen molar-refractivity contribution in [3.8, 4) is 0 Å². The van der Waals surface area contributed by atoms with E-state index in [0.717, 1.165) is 122 Å². The summed E-state index contributed by atoms with van der Waals surface area (Å²) in [4.78, 5) is 22.5. The molecule has 522 valence electrons. The van der Waals surface area contributed by atoms with Gasteiger partial charge in [0.15, 0.2) is 0 Å². The molecule has 1 rings (SSSR count). The second-order valence-corrected chi connectivity index (χ2v) is 29.8. The largest absolute Gasteiger partial charge is 0.464 e. The molecule has 0 saturated carbocycles. The lowest BCUT2D eigenvalue weighted by Gasteiger charge is -2.34. The van der Waals surface area contributed by atoms with E-state index in [1.165, 1.54) is 231 Å². The van der Waals surface area contributed by atoms with Crippen molar-refractivity contribution in [2.24, 2.45) is 0 Å². The first kappa shape index (κ1) is 85.3. The maximum atomic E-state index is 12.9. The maximum Gasteiger partial charge on any atom is 0.305 e. The van der Waals surface area contributed by atoms with Gasteiger partial charge in [-0.3, -0.25) is 24.4 Å². The van der Waals surface area contributed by atoms with Gasteiger partial charge in [0, 0.05) is 83.4 Å². The second-order valence-electron chi connectivity index (χ2n) is 27.1. The minimum atomic E-state index is -0.405. The van der Waals surface area contributed by atoms with Gasteiger partial charge in [-0.15, -0.1) is 0 Å². The summed E-state index contributed by atoms with van der Waals surface area (Å²) in [6, 6.07) is 0. The zero-order chi connectivity index (χ0) is 63.7. The highest BCUT2D eigenvalue weighted by Gasteiger charge is 2.20. The highest BCUT2D eigenvalue weighted by molar-refractivity contribution is 8.76. The van der Waals surface area contributed by atoms with Gasteiger partial charge in [0.2, 0.25) is 0 Å². The number of ether oxygens (including phenoxy) is 1. The molecule has 1 saturated heterocycles. The van der Waals surface area contributed by atoms with E-state index in [4.69, 9.17) is 4.74 Å². The standard InChI is InChI=1S/C76H150N4O6S2/c1-5-9-13-17-21-25-27-29-31-33-35-39-43-47-52-72(81)68-79(69-73(82)53-48-44-40-36-34-32-30-28-26-22-18-14-10-6-2)57-49-50-66-87-88-67-64-78-61-59-77(60-62-78)63-65-86-76(85)56-51-58-80(70-74(83)54-45-41-37-23-19-15-11-7-3)71-75(84)55-46-42-38-24-20-16-12-8-4/h29-32,72-75,81-84H,5-28,33-71H2,1-4H3/b31-29-,32-30-. The SMILES string of the molecule is CCCCCCCC/C=C\CCCCCCC(O)CN(CCCCSSCCN1CCN(CCOC(=O)CCCN(CC(O)CCCCCCCCCC)CC(O)CCCCCCCCCC)CC1)CC(O)CCCCCC/C=C\CCCCCCCC. The van der Waals surface area contributed by atoms with Crippen LogP contribution in [0.3, 0.4) is 0 Å². The Kier molecular flexibility index (Phi) is 65.7. The molecule has 12 heteroatoms. The van der Waals surface area contributed by atoms with Crippen molar-refractivity contribution < 1.29 is 30.0 Å². The van der Waals surface area contributed by atoms with Crippen LogP contribution >= 0.6 is 21.6 Å². The van der Waals surface area contributed by atoms with E-state index in [2.05, 4.69) is 71.6 Å². The van der Waals surface area contributed by atoms with Gasteiger partial charge in [0.1, 0.15) is 6.61 Å². The Balaban J connectivity index is 2.39. The monoisotopic (exact) mass is 1280 g/mol. The molecule has 0 aromatic rings. The van der Waals surface area contributed by atoms with Gasteiger partial charge in [-0.05, 0) is 109 Å². The molecular weight excluding hydrogens is 1130 g/mol. The average molecular weight is 1280 g/mol. The fourth-order valence-corrected chi connectivity index (χ4v) is 14.6. The number of carbonyl (C=O) groups is 1. The maximum absolute atomic E-state index is 12.9. The lowest BCUT2D eigenvalue weighted by atomic mass is 10.0. The number of aliphatic hydroxyl groups excluding tert-OH is 4. The summed E-state index contributed by atoms with van der Waals surface area (Å²) in [5.41, 5.74) is 0. The summed E-state index contributed by atoms with van der Waals surface area (Å²) >= 11 is 0. The number of nitrogens with zero attached hydrogens (tertiary/aromatic N) is 4. The molecule has 0 radical (unpaired) electrons. The van der Waals surface area contributed by atoms with Crippen LogP contribution in [-0.4, -0.2) is 167 Å². The van der Waals surface area contributed by atoms with Gasteiger partial charge >= 0.3 is 5.97 Å². The number of allylic oxidation sites excluding steroid dienone is 4. The Morgan fingerprint density at radius 2 is 0.670 bits per heavy atom. The Bertz CT molecular complexity index is 1400. The van der Waals surface area contributed by atoms with Crippen LogP contribution in [0.5, 0.6) is 0 Å². The second kappa shape index (κ2) is 67.7. The Morgan fingerprint density at radius 3 is 1.02 bits per heavy atom. The topological polar surface area (TPSA) is 120 Å². The fraction of sp³-hybridized carbons (Fsp3) is 0.934. The van der Waals surface area contributed by atoms with Crippen LogP contribution in [0.2, 0.25) is 0 Å². The van der Waals surface area contributed by atoms with Crippen molar-refractivity contribution in [2.75, 3.05) is 96.6 Å². The summed E-state index contributed by atoms with van der Waals surface area (Å²) in [5.74, 6) is 2.10. The first-order chi connectivity index (χ1) is 43.2. The molecule has 0 aromatic heterocycles. The van der Waals surface area contributed by atoms with Crippen molar-refractivity contribution in [1.82, 2.24) is 19.6 Å². The molecule has 88 heavy (non-hydrogen) atoms. The molecule has 1 aliphatic heterocycles. The minimum Gasteiger partial charge on any atom is -0.464 e. The summed E-state index contributed by atoms with van der Waals surface area (Å²) in [6.07, 6.45) is 65.4. The van der Waals surface area contributed by atoms with Crippen molar-refractivity contribution in [2.45, 2.75) is 360 Å². The quantitative estimate of drug-likeness (QED) is 0.0201. The number of carbonyl (C=O) groups excluding carboxylic acids is 1. The zero-order valence-electron chi connectivity index (χ0n) is 58.9. The Morgan fingerprint density at radius 1 is 0.375 bits per heavy atom. The number of aliphatic hydroxyl groups is 4. The van der Waals surface area contributed by atoms with E-state index in [9.17, 15) is 25.2 Å². The molecule has 10 nitrogen and oxygen atoms in total. The molecule has 0 spiro atoms. The molecule has 4 N–H and O–H groups in total. The number of piperazine rings is 1. The van der Waals surface area contributed by atoms with Crippen LogP contribution in [0, 0.1) is 0 Å². The smallest absolute Gasteiger partial charge is 0.305 e. The Hall–Kier alpha value is -0.670.